The summed E-state index contributed by atoms with van der Waals surface area (Å²) < 4.78 is 1.95. The Morgan fingerprint density at radius 3 is 2.67 bits per heavy atom. The molecular weight excluding hydrogens is 195 g/mol. The number of nitrogens with zero attached hydrogens (tertiary/aromatic N) is 2. The van der Waals surface area contributed by atoms with E-state index in [0.717, 1.165) is 18.8 Å². The molecule has 0 saturated heterocycles. The van der Waals surface area contributed by atoms with Crippen molar-refractivity contribution in [3.05, 3.63) is 18.5 Å². The van der Waals surface area contributed by atoms with E-state index < -0.39 is 0 Å². The van der Waals surface area contributed by atoms with Gasteiger partial charge in [-0.15, -0.1) is 24.0 Å². The molecule has 0 unspecified atom stereocenters. The molecule has 1 rings (SSSR count). The van der Waals surface area contributed by atoms with Gasteiger partial charge in [0.25, 0.3) is 0 Å². The normalized spacial score (nSPS) is 9.42. The monoisotopic (exact) mass is 208 g/mol. The molecule has 0 radical (unpaired) electrons. The van der Waals surface area contributed by atoms with Crippen LogP contribution in [0.2, 0.25) is 0 Å². The summed E-state index contributed by atoms with van der Waals surface area (Å²) in [6.07, 6.45) is 7.28. The van der Waals surface area contributed by atoms with Gasteiger partial charge in [0.05, 0.1) is 0 Å². The number of unbranched alkanes of at least 4 members (excludes halogenated alkanes) is 2. The quantitative estimate of drug-likeness (QED) is 0.538. The van der Waals surface area contributed by atoms with Crippen molar-refractivity contribution in [2.75, 3.05) is 5.88 Å². The van der Waals surface area contributed by atoms with Crippen LogP contribution in [-0.2, 0) is 6.54 Å². The highest BCUT2D eigenvalue weighted by Crippen LogP contribution is 1.99. The molecule has 0 fully saturated rings. The van der Waals surface area contributed by atoms with Gasteiger partial charge in [0.1, 0.15) is 0 Å². The Bertz CT molecular complexity index is 175. The number of rotatable bonds is 5. The molecule has 1 aromatic heterocycles. The van der Waals surface area contributed by atoms with Gasteiger partial charge in [0.15, 0.2) is 0 Å². The van der Waals surface area contributed by atoms with Crippen LogP contribution >= 0.6 is 24.0 Å². The lowest BCUT2D eigenvalue weighted by atomic mass is 10.2. The first-order chi connectivity index (χ1) is 5.43. The van der Waals surface area contributed by atoms with Crippen molar-refractivity contribution < 1.29 is 0 Å². The Kier molecular flexibility index (Phi) is 7.31. The molecule has 0 bridgehead atoms. The van der Waals surface area contributed by atoms with Gasteiger partial charge in [-0.25, -0.2) is 0 Å². The second-order valence-electron chi connectivity index (χ2n) is 2.52. The molecule has 0 aromatic carbocycles. The molecule has 0 aliphatic heterocycles. The first kappa shape index (κ1) is 11.8. The standard InChI is InChI=1S/C8H13ClN2.ClH/c9-5-2-1-3-7-11-8-4-6-10-11;/h4,6,8H,1-3,5,7H2;1H. The Balaban J connectivity index is 0.00000121. The first-order valence-corrected chi connectivity index (χ1v) is 4.50. The zero-order valence-electron chi connectivity index (χ0n) is 6.95. The zero-order valence-corrected chi connectivity index (χ0v) is 8.52. The molecule has 0 amide bonds. The Morgan fingerprint density at radius 2 is 2.08 bits per heavy atom. The van der Waals surface area contributed by atoms with Crippen molar-refractivity contribution in [1.29, 1.82) is 0 Å². The molecule has 1 aromatic rings. The van der Waals surface area contributed by atoms with Crippen LogP contribution in [-0.4, -0.2) is 15.7 Å². The molecule has 0 atom stereocenters. The van der Waals surface area contributed by atoms with Crippen LogP contribution in [0.25, 0.3) is 0 Å². The van der Waals surface area contributed by atoms with Crippen molar-refractivity contribution in [1.82, 2.24) is 9.78 Å². The topological polar surface area (TPSA) is 17.8 Å². The molecule has 1 heterocycles. The molecule has 0 aliphatic rings. The highest BCUT2D eigenvalue weighted by molar-refractivity contribution is 6.17. The SMILES string of the molecule is Cl.ClCCCCCn1cccn1. The Hall–Kier alpha value is -0.210. The summed E-state index contributed by atoms with van der Waals surface area (Å²) in [7, 11) is 0. The van der Waals surface area contributed by atoms with E-state index in [9.17, 15) is 0 Å². The van der Waals surface area contributed by atoms with E-state index in [1.807, 2.05) is 23.1 Å². The fourth-order valence-electron chi connectivity index (χ4n) is 0.978. The zero-order chi connectivity index (χ0) is 7.94. The van der Waals surface area contributed by atoms with E-state index in [4.69, 9.17) is 11.6 Å². The summed E-state index contributed by atoms with van der Waals surface area (Å²) in [6.45, 7) is 1.02. The highest BCUT2D eigenvalue weighted by Gasteiger charge is 1.89. The largest absolute Gasteiger partial charge is 0.273 e. The Morgan fingerprint density at radius 1 is 1.25 bits per heavy atom. The average molecular weight is 209 g/mol. The van der Waals surface area contributed by atoms with Gasteiger partial charge >= 0.3 is 0 Å². The maximum Gasteiger partial charge on any atom is 0.0489 e. The van der Waals surface area contributed by atoms with Crippen LogP contribution < -0.4 is 0 Å². The van der Waals surface area contributed by atoms with E-state index in [-0.39, 0.29) is 12.4 Å². The summed E-state index contributed by atoms with van der Waals surface area (Å²) in [5.74, 6) is 0.777. The minimum Gasteiger partial charge on any atom is -0.273 e. The van der Waals surface area contributed by atoms with Gasteiger partial charge in [-0.2, -0.15) is 5.10 Å². The van der Waals surface area contributed by atoms with E-state index in [0.29, 0.717) is 0 Å². The van der Waals surface area contributed by atoms with Crippen LogP contribution in [0.3, 0.4) is 0 Å². The predicted molar refractivity (Wildman–Crippen MR) is 54.0 cm³/mol. The van der Waals surface area contributed by atoms with Crippen LogP contribution in [0, 0.1) is 0 Å². The molecule has 4 heteroatoms. The van der Waals surface area contributed by atoms with Gasteiger partial charge in [-0.1, -0.05) is 6.42 Å². The molecule has 0 spiro atoms. The molecule has 70 valence electrons. The van der Waals surface area contributed by atoms with Gasteiger partial charge in [0.2, 0.25) is 0 Å². The van der Waals surface area contributed by atoms with Crippen molar-refractivity contribution in [2.45, 2.75) is 25.8 Å². The molecule has 0 N–H and O–H groups in total. The molecular formula is C8H14Cl2N2. The van der Waals surface area contributed by atoms with Crippen molar-refractivity contribution in [2.24, 2.45) is 0 Å². The smallest absolute Gasteiger partial charge is 0.0489 e. The van der Waals surface area contributed by atoms with Gasteiger partial charge < -0.3 is 0 Å². The Labute approximate surface area is 84.3 Å². The number of halogens is 2. The van der Waals surface area contributed by atoms with Crippen LogP contribution in [0.5, 0.6) is 0 Å². The van der Waals surface area contributed by atoms with E-state index >= 15 is 0 Å². The third kappa shape index (κ3) is 4.62. The van der Waals surface area contributed by atoms with Crippen molar-refractivity contribution >= 4 is 24.0 Å². The van der Waals surface area contributed by atoms with Crippen LogP contribution in [0.15, 0.2) is 18.5 Å². The predicted octanol–water partition coefficient (Wildman–Crippen LogP) is 2.71. The molecule has 2 nitrogen and oxygen atoms in total. The number of hydrogen-bond donors (Lipinski definition) is 0. The van der Waals surface area contributed by atoms with Crippen LogP contribution in [0.4, 0.5) is 0 Å². The highest BCUT2D eigenvalue weighted by atomic mass is 35.5. The number of aromatic nitrogens is 2. The van der Waals surface area contributed by atoms with Crippen molar-refractivity contribution in [3.63, 3.8) is 0 Å². The van der Waals surface area contributed by atoms with E-state index in [1.165, 1.54) is 12.8 Å². The molecule has 0 aliphatic carbocycles. The lowest BCUT2D eigenvalue weighted by Gasteiger charge is -1.98. The fraction of sp³-hybridized carbons (Fsp3) is 0.625. The van der Waals surface area contributed by atoms with Crippen LogP contribution in [0.1, 0.15) is 19.3 Å². The summed E-state index contributed by atoms with van der Waals surface area (Å²) in [6, 6.07) is 1.95. The summed E-state index contributed by atoms with van der Waals surface area (Å²) in [4.78, 5) is 0. The number of aryl methyl sites for hydroxylation is 1. The lowest BCUT2D eigenvalue weighted by Crippen LogP contribution is -1.97. The van der Waals surface area contributed by atoms with Crippen molar-refractivity contribution in [3.8, 4) is 0 Å². The number of alkyl halides is 1. The van der Waals surface area contributed by atoms with E-state index in [1.54, 1.807) is 0 Å². The summed E-state index contributed by atoms with van der Waals surface area (Å²) in [5, 5.41) is 4.10. The third-order valence-electron chi connectivity index (χ3n) is 1.58. The minimum absolute atomic E-state index is 0. The minimum atomic E-state index is 0. The molecule has 12 heavy (non-hydrogen) atoms. The summed E-state index contributed by atoms with van der Waals surface area (Å²) >= 11 is 5.54. The van der Waals surface area contributed by atoms with Gasteiger partial charge in [0, 0.05) is 24.8 Å². The van der Waals surface area contributed by atoms with Gasteiger partial charge in [-0.3, -0.25) is 4.68 Å². The fourth-order valence-corrected chi connectivity index (χ4v) is 1.17. The summed E-state index contributed by atoms with van der Waals surface area (Å²) in [5.41, 5.74) is 0. The maximum atomic E-state index is 5.54. The van der Waals surface area contributed by atoms with Gasteiger partial charge in [-0.05, 0) is 18.9 Å². The second kappa shape index (κ2) is 7.44. The average Bonchev–Trinajstić information content (AvgIpc) is 2.50. The van der Waals surface area contributed by atoms with E-state index in [2.05, 4.69) is 5.10 Å². The number of hydrogen-bond acceptors (Lipinski definition) is 1. The second-order valence-corrected chi connectivity index (χ2v) is 2.90. The molecule has 0 saturated carbocycles. The first-order valence-electron chi connectivity index (χ1n) is 3.97. The third-order valence-corrected chi connectivity index (χ3v) is 1.85. The lowest BCUT2D eigenvalue weighted by molar-refractivity contribution is 0.554. The maximum absolute atomic E-state index is 5.54.